The highest BCUT2D eigenvalue weighted by Gasteiger charge is 2.15. The number of H-pyrrole nitrogens is 2. The Morgan fingerprint density at radius 2 is 1.88 bits per heavy atom. The Balaban J connectivity index is 1.73. The minimum atomic E-state index is -0.525. The van der Waals surface area contributed by atoms with E-state index in [0.29, 0.717) is 32.5 Å². The van der Waals surface area contributed by atoms with Crippen LogP contribution in [-0.4, -0.2) is 21.9 Å². The molecule has 24 heavy (non-hydrogen) atoms. The van der Waals surface area contributed by atoms with Crippen molar-refractivity contribution in [2.75, 3.05) is 10.6 Å². The van der Waals surface area contributed by atoms with Crippen LogP contribution >= 0.6 is 23.2 Å². The monoisotopic (exact) mass is 364 g/mol. The Bertz CT molecular complexity index is 964. The van der Waals surface area contributed by atoms with E-state index in [-0.39, 0.29) is 11.6 Å². The summed E-state index contributed by atoms with van der Waals surface area (Å²) in [5, 5.41) is 6.47. The Labute approximate surface area is 147 Å². The van der Waals surface area contributed by atoms with E-state index in [2.05, 4.69) is 20.6 Å². The summed E-state index contributed by atoms with van der Waals surface area (Å²) in [6.45, 7) is 1.72. The second kappa shape index (κ2) is 6.59. The minimum Gasteiger partial charge on any atom is -0.374 e. The van der Waals surface area contributed by atoms with Gasteiger partial charge in [0.15, 0.2) is 0 Å². The molecule has 0 aliphatic carbocycles. The molecule has 0 saturated carbocycles. The number of hydrogen-bond acceptors (Lipinski definition) is 3. The number of halogens is 2. The summed E-state index contributed by atoms with van der Waals surface area (Å²) in [6.07, 6.45) is 0. The first-order chi connectivity index (χ1) is 11.4. The van der Waals surface area contributed by atoms with Crippen molar-refractivity contribution in [1.82, 2.24) is 9.97 Å². The number of amides is 1. The lowest BCUT2D eigenvalue weighted by Gasteiger charge is -2.16. The number of anilines is 2. The Hall–Kier alpha value is -2.44. The molecule has 0 spiro atoms. The molecule has 0 bridgehead atoms. The molecule has 3 aromatic rings. The van der Waals surface area contributed by atoms with Crippen LogP contribution in [0.15, 0.2) is 41.2 Å². The fourth-order valence-electron chi connectivity index (χ4n) is 2.28. The lowest BCUT2D eigenvalue weighted by Crippen LogP contribution is -2.31. The predicted octanol–water partition coefficient (Wildman–Crippen LogP) is 3.60. The lowest BCUT2D eigenvalue weighted by atomic mass is 10.2. The SMILES string of the molecule is C[C@@H](Nc1ccc2[nH]c(=O)[nH]c2c1)C(=O)Nc1cccc(Cl)c1Cl. The first-order valence-electron chi connectivity index (χ1n) is 7.17. The molecule has 0 unspecified atom stereocenters. The topological polar surface area (TPSA) is 89.8 Å². The van der Waals surface area contributed by atoms with Crippen LogP contribution < -0.4 is 16.3 Å². The van der Waals surface area contributed by atoms with Crippen molar-refractivity contribution in [3.63, 3.8) is 0 Å². The van der Waals surface area contributed by atoms with Crippen LogP contribution in [0.1, 0.15) is 6.92 Å². The molecule has 1 aromatic heterocycles. The van der Waals surface area contributed by atoms with Crippen molar-refractivity contribution in [1.29, 1.82) is 0 Å². The molecule has 1 heterocycles. The van der Waals surface area contributed by atoms with Crippen LogP contribution in [0.3, 0.4) is 0 Å². The van der Waals surface area contributed by atoms with E-state index in [4.69, 9.17) is 23.2 Å². The highest BCUT2D eigenvalue weighted by Crippen LogP contribution is 2.29. The molecule has 4 N–H and O–H groups in total. The summed E-state index contributed by atoms with van der Waals surface area (Å²) < 4.78 is 0. The molecule has 0 fully saturated rings. The molecule has 0 aliphatic heterocycles. The highest BCUT2D eigenvalue weighted by atomic mass is 35.5. The van der Waals surface area contributed by atoms with Crippen molar-refractivity contribution in [2.24, 2.45) is 0 Å². The molecule has 2 aromatic carbocycles. The predicted molar refractivity (Wildman–Crippen MR) is 97.1 cm³/mol. The zero-order chi connectivity index (χ0) is 17.3. The van der Waals surface area contributed by atoms with Crippen LogP contribution in [-0.2, 0) is 4.79 Å². The molecule has 6 nitrogen and oxygen atoms in total. The van der Waals surface area contributed by atoms with Crippen LogP contribution in [0, 0.1) is 0 Å². The molecular weight excluding hydrogens is 351 g/mol. The van der Waals surface area contributed by atoms with E-state index in [1.54, 1.807) is 43.3 Å². The van der Waals surface area contributed by atoms with E-state index < -0.39 is 6.04 Å². The normalized spacial score (nSPS) is 12.1. The van der Waals surface area contributed by atoms with Crippen molar-refractivity contribution < 1.29 is 4.79 Å². The van der Waals surface area contributed by atoms with Crippen LogP contribution in [0.4, 0.5) is 11.4 Å². The van der Waals surface area contributed by atoms with E-state index in [1.807, 2.05) is 0 Å². The third kappa shape index (κ3) is 3.39. The first kappa shape index (κ1) is 16.4. The van der Waals surface area contributed by atoms with Crippen LogP contribution in [0.5, 0.6) is 0 Å². The summed E-state index contributed by atoms with van der Waals surface area (Å²) in [6, 6.07) is 9.80. The Morgan fingerprint density at radius 3 is 2.67 bits per heavy atom. The third-order valence-electron chi connectivity index (χ3n) is 3.50. The Kier molecular flexibility index (Phi) is 4.51. The van der Waals surface area contributed by atoms with E-state index in [1.165, 1.54) is 0 Å². The fraction of sp³-hybridized carbons (Fsp3) is 0.125. The zero-order valence-corrected chi connectivity index (χ0v) is 14.1. The van der Waals surface area contributed by atoms with Crippen molar-refractivity contribution in [3.05, 3.63) is 56.9 Å². The largest absolute Gasteiger partial charge is 0.374 e. The summed E-state index contributed by atoms with van der Waals surface area (Å²) in [4.78, 5) is 28.9. The molecule has 3 rings (SSSR count). The van der Waals surface area contributed by atoms with Crippen molar-refractivity contribution in [3.8, 4) is 0 Å². The number of hydrogen-bond donors (Lipinski definition) is 4. The number of benzene rings is 2. The quantitative estimate of drug-likeness (QED) is 0.570. The molecule has 8 heteroatoms. The van der Waals surface area contributed by atoms with Gasteiger partial charge in [0.1, 0.15) is 6.04 Å². The first-order valence-corrected chi connectivity index (χ1v) is 7.93. The van der Waals surface area contributed by atoms with Gasteiger partial charge >= 0.3 is 5.69 Å². The summed E-state index contributed by atoms with van der Waals surface area (Å²) in [5.41, 5.74) is 2.25. The van der Waals surface area contributed by atoms with Gasteiger partial charge in [0, 0.05) is 5.69 Å². The smallest absolute Gasteiger partial charge is 0.323 e. The summed E-state index contributed by atoms with van der Waals surface area (Å²) >= 11 is 12.0. The average Bonchev–Trinajstić information content (AvgIpc) is 2.91. The molecule has 0 saturated heterocycles. The highest BCUT2D eigenvalue weighted by molar-refractivity contribution is 6.44. The van der Waals surface area contributed by atoms with Gasteiger partial charge in [-0.05, 0) is 37.3 Å². The molecule has 124 valence electrons. The molecule has 0 radical (unpaired) electrons. The van der Waals surface area contributed by atoms with Gasteiger partial charge in [0.05, 0.1) is 26.8 Å². The minimum absolute atomic E-state index is 0.262. The number of carbonyl (C=O) groups is 1. The van der Waals surface area contributed by atoms with Gasteiger partial charge in [-0.3, -0.25) is 4.79 Å². The maximum Gasteiger partial charge on any atom is 0.323 e. The van der Waals surface area contributed by atoms with Gasteiger partial charge < -0.3 is 20.6 Å². The number of rotatable bonds is 4. The number of imidazole rings is 1. The number of nitrogens with one attached hydrogen (secondary N) is 4. The average molecular weight is 365 g/mol. The zero-order valence-electron chi connectivity index (χ0n) is 12.6. The number of aromatic nitrogens is 2. The van der Waals surface area contributed by atoms with E-state index >= 15 is 0 Å². The molecular formula is C16H14Cl2N4O2. The van der Waals surface area contributed by atoms with Gasteiger partial charge in [-0.2, -0.15) is 0 Å². The fourth-order valence-corrected chi connectivity index (χ4v) is 2.63. The van der Waals surface area contributed by atoms with Crippen molar-refractivity contribution in [2.45, 2.75) is 13.0 Å². The molecule has 1 atom stereocenters. The summed E-state index contributed by atoms with van der Waals surface area (Å²) in [7, 11) is 0. The second-order valence-corrected chi connectivity index (χ2v) is 6.08. The maximum atomic E-state index is 12.3. The van der Waals surface area contributed by atoms with Gasteiger partial charge in [-0.25, -0.2) is 4.79 Å². The number of carbonyl (C=O) groups excluding carboxylic acids is 1. The van der Waals surface area contributed by atoms with Crippen LogP contribution in [0.2, 0.25) is 10.0 Å². The van der Waals surface area contributed by atoms with Crippen LogP contribution in [0.25, 0.3) is 11.0 Å². The number of aromatic amines is 2. The molecule has 1 amide bonds. The molecule has 0 aliphatic rings. The third-order valence-corrected chi connectivity index (χ3v) is 4.32. The summed E-state index contributed by atoms with van der Waals surface area (Å²) in [5.74, 6) is -0.262. The van der Waals surface area contributed by atoms with E-state index in [9.17, 15) is 9.59 Å². The van der Waals surface area contributed by atoms with Crippen molar-refractivity contribution >= 4 is 51.5 Å². The van der Waals surface area contributed by atoms with Gasteiger partial charge in [0.25, 0.3) is 0 Å². The van der Waals surface area contributed by atoms with Gasteiger partial charge in [-0.15, -0.1) is 0 Å². The number of fused-ring (bicyclic) bond motifs is 1. The maximum absolute atomic E-state index is 12.3. The Morgan fingerprint density at radius 1 is 1.12 bits per heavy atom. The second-order valence-electron chi connectivity index (χ2n) is 5.30. The van der Waals surface area contributed by atoms with Gasteiger partial charge in [0.2, 0.25) is 5.91 Å². The lowest BCUT2D eigenvalue weighted by molar-refractivity contribution is -0.116. The van der Waals surface area contributed by atoms with E-state index in [0.717, 1.165) is 0 Å². The standard InChI is InChI=1S/C16H14Cl2N4O2/c1-8(15(23)20-12-4-2-3-10(17)14(12)18)19-9-5-6-11-13(7-9)22-16(24)21-11/h2-8,19H,1H3,(H,20,23)(H2,21,22,24)/t8-/m1/s1. The van der Waals surface area contributed by atoms with Gasteiger partial charge in [-0.1, -0.05) is 29.3 Å².